The lowest BCUT2D eigenvalue weighted by atomic mass is 10.00. The molecule has 2 atom stereocenters. The Morgan fingerprint density at radius 2 is 1.82 bits per heavy atom. The zero-order valence-corrected chi connectivity index (χ0v) is 11.2. The molecule has 4 nitrogen and oxygen atoms in total. The molecule has 0 spiro atoms. The molecule has 2 unspecified atom stereocenters. The first-order chi connectivity index (χ1) is 8.06. The van der Waals surface area contributed by atoms with Crippen LogP contribution in [0.15, 0.2) is 6.07 Å². The third-order valence-corrected chi connectivity index (χ3v) is 3.40. The lowest BCUT2D eigenvalue weighted by Gasteiger charge is -2.39. The molecule has 2 rings (SSSR count). The maximum absolute atomic E-state index is 4.43. The Bertz CT molecular complexity index is 361. The lowest BCUT2D eigenvalue weighted by molar-refractivity contribution is 0.135. The molecular weight excluding hydrogens is 212 g/mol. The van der Waals surface area contributed by atoms with Gasteiger partial charge in [0, 0.05) is 23.8 Å². The summed E-state index contributed by atoms with van der Waals surface area (Å²) in [6, 6.07) is 3.13. The molecule has 1 aromatic rings. The van der Waals surface area contributed by atoms with Gasteiger partial charge in [-0.1, -0.05) is 6.42 Å². The van der Waals surface area contributed by atoms with E-state index in [1.54, 1.807) is 0 Å². The van der Waals surface area contributed by atoms with Crippen molar-refractivity contribution >= 4 is 5.82 Å². The van der Waals surface area contributed by atoms with E-state index < -0.39 is 0 Å². The van der Waals surface area contributed by atoms with Gasteiger partial charge in [-0.2, -0.15) is 0 Å². The first kappa shape index (κ1) is 12.3. The second-order valence-corrected chi connectivity index (χ2v) is 5.09. The average molecular weight is 234 g/mol. The van der Waals surface area contributed by atoms with E-state index >= 15 is 0 Å². The highest BCUT2D eigenvalue weighted by atomic mass is 15.5. The number of piperidine rings is 1. The molecule has 2 heterocycles. The smallest absolute Gasteiger partial charge is 0.144 e. The van der Waals surface area contributed by atoms with Gasteiger partial charge in [-0.15, -0.1) is 0 Å². The van der Waals surface area contributed by atoms with Crippen molar-refractivity contribution in [2.45, 2.75) is 59.0 Å². The minimum Gasteiger partial charge on any atom is -0.302 e. The predicted molar refractivity (Wildman–Crippen MR) is 69.7 cm³/mol. The summed E-state index contributed by atoms with van der Waals surface area (Å²) < 4.78 is 0. The van der Waals surface area contributed by atoms with Crippen LogP contribution in [0, 0.1) is 13.8 Å². The third-order valence-electron chi connectivity index (χ3n) is 3.40. The number of nitrogens with zero attached hydrogens (tertiary/aromatic N) is 3. The molecule has 0 radical (unpaired) electrons. The lowest BCUT2D eigenvalue weighted by Crippen LogP contribution is -2.47. The molecule has 94 valence electrons. The van der Waals surface area contributed by atoms with Crippen LogP contribution >= 0.6 is 0 Å². The molecule has 0 bridgehead atoms. The fraction of sp³-hybridized carbons (Fsp3) is 0.692. The molecule has 0 aliphatic carbocycles. The van der Waals surface area contributed by atoms with E-state index in [9.17, 15) is 0 Å². The van der Waals surface area contributed by atoms with Crippen molar-refractivity contribution in [2.75, 3.05) is 5.43 Å². The normalized spacial score (nSPS) is 25.9. The van der Waals surface area contributed by atoms with E-state index in [1.807, 2.05) is 19.9 Å². The van der Waals surface area contributed by atoms with Gasteiger partial charge in [-0.25, -0.2) is 15.0 Å². The molecule has 1 aliphatic rings. The third kappa shape index (κ3) is 2.94. The fourth-order valence-corrected chi connectivity index (χ4v) is 2.55. The summed E-state index contributed by atoms with van der Waals surface area (Å²) in [6.07, 6.45) is 3.82. The highest BCUT2D eigenvalue weighted by Gasteiger charge is 2.24. The van der Waals surface area contributed by atoms with Crippen LogP contribution in [0.5, 0.6) is 0 Å². The van der Waals surface area contributed by atoms with E-state index in [2.05, 4.69) is 34.3 Å². The fourth-order valence-electron chi connectivity index (χ4n) is 2.55. The molecule has 0 saturated carbocycles. The minimum atomic E-state index is 0.564. The van der Waals surface area contributed by atoms with Gasteiger partial charge in [0.1, 0.15) is 11.6 Å². The predicted octanol–water partition coefficient (Wildman–Crippen LogP) is 2.68. The highest BCUT2D eigenvalue weighted by Crippen LogP contribution is 2.22. The zero-order chi connectivity index (χ0) is 12.4. The number of hydrogen-bond acceptors (Lipinski definition) is 4. The quantitative estimate of drug-likeness (QED) is 0.854. The first-order valence-electron chi connectivity index (χ1n) is 6.43. The minimum absolute atomic E-state index is 0.564. The molecule has 1 fully saturated rings. The SMILES string of the molecule is Cc1cc(NN2C(C)CCCC2C)nc(C)n1. The summed E-state index contributed by atoms with van der Waals surface area (Å²) in [5, 5.41) is 2.32. The number of aromatic nitrogens is 2. The van der Waals surface area contributed by atoms with Crippen LogP contribution in [0.2, 0.25) is 0 Å². The Kier molecular flexibility index (Phi) is 3.62. The van der Waals surface area contributed by atoms with Crippen LogP contribution in [0.25, 0.3) is 0 Å². The summed E-state index contributed by atoms with van der Waals surface area (Å²) in [7, 11) is 0. The molecule has 17 heavy (non-hydrogen) atoms. The molecule has 1 N–H and O–H groups in total. The van der Waals surface area contributed by atoms with Crippen molar-refractivity contribution in [3.05, 3.63) is 17.6 Å². The molecule has 1 saturated heterocycles. The number of hydrogen-bond donors (Lipinski definition) is 1. The van der Waals surface area contributed by atoms with E-state index in [0.717, 1.165) is 17.3 Å². The summed E-state index contributed by atoms with van der Waals surface area (Å²) >= 11 is 0. The first-order valence-corrected chi connectivity index (χ1v) is 6.43. The number of anilines is 1. The van der Waals surface area contributed by atoms with Crippen molar-refractivity contribution in [1.29, 1.82) is 0 Å². The number of hydrazine groups is 1. The van der Waals surface area contributed by atoms with Crippen molar-refractivity contribution in [3.8, 4) is 0 Å². The van der Waals surface area contributed by atoms with Crippen molar-refractivity contribution in [2.24, 2.45) is 0 Å². The van der Waals surface area contributed by atoms with Gasteiger partial charge in [0.15, 0.2) is 0 Å². The van der Waals surface area contributed by atoms with E-state index in [4.69, 9.17) is 0 Å². The Morgan fingerprint density at radius 3 is 2.41 bits per heavy atom. The maximum atomic E-state index is 4.43. The van der Waals surface area contributed by atoms with Gasteiger partial charge in [0.25, 0.3) is 0 Å². The van der Waals surface area contributed by atoms with Gasteiger partial charge in [0.2, 0.25) is 0 Å². The van der Waals surface area contributed by atoms with Crippen LogP contribution in [0.4, 0.5) is 5.82 Å². The summed E-state index contributed by atoms with van der Waals surface area (Å²) in [4.78, 5) is 8.73. The largest absolute Gasteiger partial charge is 0.302 e. The maximum Gasteiger partial charge on any atom is 0.144 e. The second kappa shape index (κ2) is 5.00. The summed E-state index contributed by atoms with van der Waals surface area (Å²) in [5.74, 6) is 1.74. The van der Waals surface area contributed by atoms with Crippen LogP contribution < -0.4 is 5.43 Å². The van der Waals surface area contributed by atoms with Crippen LogP contribution in [0.1, 0.15) is 44.6 Å². The van der Waals surface area contributed by atoms with Crippen molar-refractivity contribution in [1.82, 2.24) is 15.0 Å². The van der Waals surface area contributed by atoms with Gasteiger partial charge in [-0.05, 0) is 40.5 Å². The highest BCUT2D eigenvalue weighted by molar-refractivity contribution is 5.34. The Hall–Kier alpha value is -1.16. The average Bonchev–Trinajstić information content (AvgIpc) is 2.22. The van der Waals surface area contributed by atoms with E-state index in [1.165, 1.54) is 19.3 Å². The molecule has 0 amide bonds. The second-order valence-electron chi connectivity index (χ2n) is 5.09. The number of aryl methyl sites for hydroxylation is 2. The van der Waals surface area contributed by atoms with Crippen molar-refractivity contribution < 1.29 is 0 Å². The van der Waals surface area contributed by atoms with Gasteiger partial charge >= 0.3 is 0 Å². The summed E-state index contributed by atoms with van der Waals surface area (Å²) in [5.41, 5.74) is 4.46. The van der Waals surface area contributed by atoms with Crippen LogP contribution in [-0.4, -0.2) is 27.1 Å². The standard InChI is InChI=1S/C13H22N4/c1-9-8-13(15-12(4)14-9)16-17-10(2)6-5-7-11(17)3/h8,10-11H,5-7H2,1-4H3,(H,14,15,16). The molecule has 1 aromatic heterocycles. The van der Waals surface area contributed by atoms with Gasteiger partial charge in [-0.3, -0.25) is 0 Å². The van der Waals surface area contributed by atoms with Crippen LogP contribution in [-0.2, 0) is 0 Å². The molecular formula is C13H22N4. The number of nitrogens with one attached hydrogen (secondary N) is 1. The van der Waals surface area contributed by atoms with Gasteiger partial charge in [0.05, 0.1) is 0 Å². The monoisotopic (exact) mass is 234 g/mol. The van der Waals surface area contributed by atoms with Crippen molar-refractivity contribution in [3.63, 3.8) is 0 Å². The Labute approximate surface area is 103 Å². The van der Waals surface area contributed by atoms with Gasteiger partial charge < -0.3 is 5.43 Å². The summed E-state index contributed by atoms with van der Waals surface area (Å²) in [6.45, 7) is 8.47. The van der Waals surface area contributed by atoms with E-state index in [0.29, 0.717) is 12.1 Å². The molecule has 4 heteroatoms. The van der Waals surface area contributed by atoms with E-state index in [-0.39, 0.29) is 0 Å². The molecule has 0 aromatic carbocycles. The van der Waals surface area contributed by atoms with Crippen LogP contribution in [0.3, 0.4) is 0 Å². The zero-order valence-electron chi connectivity index (χ0n) is 11.2. The topological polar surface area (TPSA) is 41.0 Å². The number of rotatable bonds is 2. The molecule has 1 aliphatic heterocycles. The Balaban J connectivity index is 2.13. The Morgan fingerprint density at radius 1 is 1.18 bits per heavy atom.